The molecule has 0 fully saturated rings. The van der Waals surface area contributed by atoms with Gasteiger partial charge in [-0.25, -0.2) is 0 Å². The Morgan fingerprint density at radius 3 is 2.41 bits per heavy atom. The third kappa shape index (κ3) is 1.24. The summed E-state index contributed by atoms with van der Waals surface area (Å²) < 4.78 is 0. The molecule has 0 radical (unpaired) electrons. The Hall–Kier alpha value is -2.33. The van der Waals surface area contributed by atoms with Gasteiger partial charge < -0.3 is 0 Å². The summed E-state index contributed by atoms with van der Waals surface area (Å²) in [6.45, 7) is 3.78. The van der Waals surface area contributed by atoms with Crippen LogP contribution in [0.25, 0.3) is 22.3 Å². The summed E-state index contributed by atoms with van der Waals surface area (Å²) in [6, 6.07) is 14.5. The van der Waals surface area contributed by atoms with Gasteiger partial charge in [0.2, 0.25) is 0 Å². The van der Waals surface area contributed by atoms with Crippen molar-refractivity contribution in [3.63, 3.8) is 0 Å². The zero-order chi connectivity index (χ0) is 11.8. The first-order valence-electron chi connectivity index (χ1n) is 5.63. The number of hydrogen-bond donors (Lipinski definition) is 0. The minimum Gasteiger partial charge on any atom is -0.192 e. The number of fused-ring (bicyclic) bond motifs is 4. The van der Waals surface area contributed by atoms with E-state index in [1.165, 1.54) is 22.3 Å². The highest BCUT2D eigenvalue weighted by atomic mass is 14.3. The van der Waals surface area contributed by atoms with Crippen LogP contribution in [0.2, 0.25) is 0 Å². The Kier molecular flexibility index (Phi) is 2.09. The smallest absolute Gasteiger partial charge is 0.0998 e. The third-order valence-electron chi connectivity index (χ3n) is 3.24. The van der Waals surface area contributed by atoms with Crippen LogP contribution in [0.15, 0.2) is 49.1 Å². The predicted molar refractivity (Wildman–Crippen MR) is 69.5 cm³/mol. The summed E-state index contributed by atoms with van der Waals surface area (Å²) in [7, 11) is 0. The number of benzene rings is 2. The van der Waals surface area contributed by atoms with Crippen LogP contribution < -0.4 is 0 Å². The minimum atomic E-state index is 0.770. The van der Waals surface area contributed by atoms with E-state index in [-0.39, 0.29) is 0 Å². The standard InChI is InChI=1S/C16H11N/c1-2-5-11-8-9-12(10-17)16-14-7-4-3-6-13(14)15(11)16/h2-4,6-9H,1,5H2. The summed E-state index contributed by atoms with van der Waals surface area (Å²) in [4.78, 5) is 0. The van der Waals surface area contributed by atoms with Crippen molar-refractivity contribution < 1.29 is 0 Å². The van der Waals surface area contributed by atoms with Crippen LogP contribution in [0.1, 0.15) is 11.1 Å². The van der Waals surface area contributed by atoms with Gasteiger partial charge in [-0.3, -0.25) is 0 Å². The first kappa shape index (κ1) is 9.86. The average molecular weight is 217 g/mol. The summed E-state index contributed by atoms with van der Waals surface area (Å²) >= 11 is 0. The lowest BCUT2D eigenvalue weighted by Gasteiger charge is -2.27. The lowest BCUT2D eigenvalue weighted by Crippen LogP contribution is -2.05. The third-order valence-corrected chi connectivity index (χ3v) is 3.24. The fourth-order valence-corrected chi connectivity index (χ4v) is 2.51. The van der Waals surface area contributed by atoms with Gasteiger partial charge in [0.15, 0.2) is 0 Å². The van der Waals surface area contributed by atoms with Crippen LogP contribution >= 0.6 is 0 Å². The van der Waals surface area contributed by atoms with Crippen LogP contribution in [0.3, 0.4) is 0 Å². The summed E-state index contributed by atoms with van der Waals surface area (Å²) in [5, 5.41) is 9.15. The molecule has 3 rings (SSSR count). The van der Waals surface area contributed by atoms with Crippen molar-refractivity contribution in [3.05, 3.63) is 60.2 Å². The Labute approximate surface area is 101 Å². The van der Waals surface area contributed by atoms with Gasteiger partial charge in [0.1, 0.15) is 0 Å². The van der Waals surface area contributed by atoms with E-state index in [0.29, 0.717) is 0 Å². The SMILES string of the molecule is C=CCc1ccc(C#N)c2c1-c1ccccc1-2. The largest absolute Gasteiger partial charge is 0.192 e. The van der Waals surface area contributed by atoms with Gasteiger partial charge in [-0.15, -0.1) is 6.58 Å². The topological polar surface area (TPSA) is 23.8 Å². The Balaban J connectivity index is 2.28. The van der Waals surface area contributed by atoms with E-state index in [0.717, 1.165) is 17.5 Å². The molecule has 0 aromatic heterocycles. The molecule has 0 saturated carbocycles. The fourth-order valence-electron chi connectivity index (χ4n) is 2.51. The van der Waals surface area contributed by atoms with E-state index >= 15 is 0 Å². The molecule has 0 spiro atoms. The van der Waals surface area contributed by atoms with Gasteiger partial charge in [-0.2, -0.15) is 5.26 Å². The second-order valence-electron chi connectivity index (χ2n) is 4.17. The van der Waals surface area contributed by atoms with Crippen molar-refractivity contribution in [3.8, 4) is 28.3 Å². The molecule has 0 amide bonds. The van der Waals surface area contributed by atoms with Gasteiger partial charge >= 0.3 is 0 Å². The molecular formula is C16H11N. The van der Waals surface area contributed by atoms with Gasteiger partial charge in [0.05, 0.1) is 11.6 Å². The number of rotatable bonds is 2. The molecule has 1 aliphatic rings. The monoisotopic (exact) mass is 217 g/mol. The van der Waals surface area contributed by atoms with Gasteiger partial charge in [0.25, 0.3) is 0 Å². The number of nitrogens with zero attached hydrogens (tertiary/aromatic N) is 1. The van der Waals surface area contributed by atoms with Crippen molar-refractivity contribution in [2.24, 2.45) is 0 Å². The molecule has 1 aliphatic carbocycles. The van der Waals surface area contributed by atoms with Gasteiger partial charge in [-0.05, 0) is 34.7 Å². The van der Waals surface area contributed by atoms with E-state index in [2.05, 4.69) is 24.8 Å². The fraction of sp³-hybridized carbons (Fsp3) is 0.0625. The zero-order valence-electron chi connectivity index (χ0n) is 9.40. The second-order valence-corrected chi connectivity index (χ2v) is 4.17. The molecule has 0 aliphatic heterocycles. The van der Waals surface area contributed by atoms with Gasteiger partial charge in [-0.1, -0.05) is 36.4 Å². The number of nitriles is 1. The molecule has 0 bridgehead atoms. The number of hydrogen-bond acceptors (Lipinski definition) is 1. The van der Waals surface area contributed by atoms with E-state index in [4.69, 9.17) is 5.26 Å². The number of allylic oxidation sites excluding steroid dienone is 1. The van der Waals surface area contributed by atoms with Crippen molar-refractivity contribution in [2.45, 2.75) is 6.42 Å². The Morgan fingerprint density at radius 1 is 1.06 bits per heavy atom. The van der Waals surface area contributed by atoms with Crippen molar-refractivity contribution in [1.29, 1.82) is 5.26 Å². The van der Waals surface area contributed by atoms with Crippen molar-refractivity contribution in [2.75, 3.05) is 0 Å². The minimum absolute atomic E-state index is 0.770. The maximum absolute atomic E-state index is 9.15. The molecule has 0 atom stereocenters. The van der Waals surface area contributed by atoms with Crippen LogP contribution in [0.5, 0.6) is 0 Å². The lowest BCUT2D eigenvalue weighted by atomic mass is 9.75. The zero-order valence-corrected chi connectivity index (χ0v) is 9.40. The lowest BCUT2D eigenvalue weighted by molar-refractivity contribution is 1.26. The molecule has 1 nitrogen and oxygen atoms in total. The average Bonchev–Trinajstić information content (AvgIpc) is 2.35. The summed E-state index contributed by atoms with van der Waals surface area (Å²) in [5.74, 6) is 0. The van der Waals surface area contributed by atoms with Crippen LogP contribution in [-0.4, -0.2) is 0 Å². The normalized spacial score (nSPS) is 10.8. The van der Waals surface area contributed by atoms with Crippen LogP contribution in [0, 0.1) is 11.3 Å². The molecule has 0 unspecified atom stereocenters. The molecular weight excluding hydrogens is 206 g/mol. The molecule has 0 saturated heterocycles. The first-order chi connectivity index (χ1) is 8.36. The van der Waals surface area contributed by atoms with Crippen LogP contribution in [-0.2, 0) is 6.42 Å². The summed E-state index contributed by atoms with van der Waals surface area (Å²) in [5.41, 5.74) is 6.84. The van der Waals surface area contributed by atoms with Crippen LogP contribution in [0.4, 0.5) is 0 Å². The first-order valence-corrected chi connectivity index (χ1v) is 5.63. The van der Waals surface area contributed by atoms with Crippen molar-refractivity contribution >= 4 is 0 Å². The molecule has 0 heterocycles. The van der Waals surface area contributed by atoms with Crippen molar-refractivity contribution in [1.82, 2.24) is 0 Å². The van der Waals surface area contributed by atoms with E-state index in [1.54, 1.807) is 0 Å². The van der Waals surface area contributed by atoms with E-state index < -0.39 is 0 Å². The highest BCUT2D eigenvalue weighted by Gasteiger charge is 2.27. The molecule has 2 aromatic rings. The predicted octanol–water partition coefficient (Wildman–Crippen LogP) is 3.93. The molecule has 80 valence electrons. The second kappa shape index (κ2) is 3.61. The van der Waals surface area contributed by atoms with E-state index in [9.17, 15) is 0 Å². The Bertz CT molecular complexity index is 660. The molecule has 2 aromatic carbocycles. The highest BCUT2D eigenvalue weighted by Crippen LogP contribution is 2.50. The molecule has 1 heteroatoms. The Morgan fingerprint density at radius 2 is 1.76 bits per heavy atom. The maximum Gasteiger partial charge on any atom is 0.0998 e. The van der Waals surface area contributed by atoms with Gasteiger partial charge in [0, 0.05) is 5.56 Å². The summed E-state index contributed by atoms with van der Waals surface area (Å²) in [6.07, 6.45) is 2.75. The maximum atomic E-state index is 9.15. The quantitative estimate of drug-likeness (QED) is 0.596. The molecule has 0 N–H and O–H groups in total. The molecule has 17 heavy (non-hydrogen) atoms. The van der Waals surface area contributed by atoms with E-state index in [1.807, 2.05) is 30.3 Å². The highest BCUT2D eigenvalue weighted by molar-refractivity contribution is 6.06.